The van der Waals surface area contributed by atoms with Crippen LogP contribution in [0.5, 0.6) is 0 Å². The lowest BCUT2D eigenvalue weighted by molar-refractivity contribution is 0.539. The summed E-state index contributed by atoms with van der Waals surface area (Å²) in [5.74, 6) is 0. The smallest absolute Gasteiger partial charge is 0.187 e. The molecule has 48 valence electrons. The Kier molecular flexibility index (Phi) is 1.35. The van der Waals surface area contributed by atoms with Crippen LogP contribution < -0.4 is 0 Å². The lowest BCUT2D eigenvalue weighted by atomic mass is 11.6. The van der Waals surface area contributed by atoms with E-state index in [4.69, 9.17) is 0 Å². The summed E-state index contributed by atoms with van der Waals surface area (Å²) >= 11 is 0. The van der Waals surface area contributed by atoms with Crippen molar-refractivity contribution in [3.8, 4) is 0 Å². The van der Waals surface area contributed by atoms with Crippen molar-refractivity contribution in [2.24, 2.45) is 0 Å². The van der Waals surface area contributed by atoms with Gasteiger partial charge in [-0.15, -0.1) is 0 Å². The maximum Gasteiger partial charge on any atom is 0.187 e. The summed E-state index contributed by atoms with van der Waals surface area (Å²) in [6, 6.07) is 0. The highest BCUT2D eigenvalue weighted by Gasteiger charge is 2.41. The average molecular weight is 146 g/mol. The standard InChI is InChI=1S/C4H14N2Si2/c1-5-7-6(2)8(5,3)4/h7H2,1-4H3. The highest BCUT2D eigenvalue weighted by molar-refractivity contribution is 6.89. The molecule has 1 aliphatic heterocycles. The second-order valence-corrected chi connectivity index (χ2v) is 11.0. The van der Waals surface area contributed by atoms with Gasteiger partial charge in [0.1, 0.15) is 0 Å². The second-order valence-electron chi connectivity index (χ2n) is 3.03. The quantitative estimate of drug-likeness (QED) is 0.428. The molecule has 8 heavy (non-hydrogen) atoms. The zero-order valence-electron chi connectivity index (χ0n) is 6.10. The van der Waals surface area contributed by atoms with E-state index < -0.39 is 8.40 Å². The van der Waals surface area contributed by atoms with Gasteiger partial charge in [0.2, 0.25) is 0 Å². The predicted octanol–water partition coefficient (Wildman–Crippen LogP) is -0.436. The molecular weight excluding hydrogens is 132 g/mol. The van der Waals surface area contributed by atoms with Crippen LogP contribution in [0, 0.1) is 0 Å². The van der Waals surface area contributed by atoms with Crippen LogP contribution in [-0.2, 0) is 0 Å². The fourth-order valence-corrected chi connectivity index (χ4v) is 6.45. The molecule has 0 N–H and O–H groups in total. The van der Waals surface area contributed by atoms with Gasteiger partial charge in [0, 0.05) is 0 Å². The minimum atomic E-state index is -0.929. The van der Waals surface area contributed by atoms with E-state index in [1.807, 2.05) is 0 Å². The first kappa shape index (κ1) is 6.47. The molecule has 0 aliphatic carbocycles. The van der Waals surface area contributed by atoms with E-state index >= 15 is 0 Å². The molecule has 1 aliphatic rings. The van der Waals surface area contributed by atoms with Crippen molar-refractivity contribution in [2.75, 3.05) is 14.1 Å². The van der Waals surface area contributed by atoms with Gasteiger partial charge in [-0.25, -0.2) is 0 Å². The SMILES string of the molecule is CN1[SiH2]N(C)[Si]1(C)C. The number of rotatable bonds is 0. The number of nitrogens with zero attached hydrogens (tertiary/aromatic N) is 2. The van der Waals surface area contributed by atoms with Crippen molar-refractivity contribution in [1.82, 2.24) is 8.46 Å². The topological polar surface area (TPSA) is 6.48 Å². The lowest BCUT2D eigenvalue weighted by Crippen LogP contribution is -2.74. The molecule has 1 saturated heterocycles. The zero-order chi connectivity index (χ0) is 6.36. The van der Waals surface area contributed by atoms with E-state index in [1.54, 1.807) is 0 Å². The van der Waals surface area contributed by atoms with Crippen LogP contribution in [-0.4, -0.2) is 40.8 Å². The molecular formula is C4H14N2Si2. The van der Waals surface area contributed by atoms with Gasteiger partial charge in [0.15, 0.2) is 18.2 Å². The Balaban J connectivity index is 2.52. The van der Waals surface area contributed by atoms with E-state index in [0.717, 1.165) is 0 Å². The zero-order valence-corrected chi connectivity index (χ0v) is 8.52. The summed E-state index contributed by atoms with van der Waals surface area (Å²) in [6.07, 6.45) is 0. The van der Waals surface area contributed by atoms with Crippen molar-refractivity contribution < 1.29 is 0 Å². The molecule has 0 atom stereocenters. The number of hydrogen-bond acceptors (Lipinski definition) is 2. The molecule has 4 heteroatoms. The first-order valence-corrected chi connectivity index (χ1v) is 7.13. The fourth-order valence-electron chi connectivity index (χ4n) is 0.878. The average Bonchev–Trinajstić information content (AvgIpc) is 1.68. The molecule has 1 fully saturated rings. The van der Waals surface area contributed by atoms with Gasteiger partial charge in [0.25, 0.3) is 0 Å². The Morgan fingerprint density at radius 2 is 1.50 bits per heavy atom. The second kappa shape index (κ2) is 1.66. The van der Waals surface area contributed by atoms with E-state index in [1.165, 1.54) is 0 Å². The Morgan fingerprint density at radius 3 is 1.50 bits per heavy atom. The maximum atomic E-state index is 2.59. The first-order valence-electron chi connectivity index (χ1n) is 2.97. The Hall–Kier alpha value is 0.354. The van der Waals surface area contributed by atoms with Crippen LogP contribution in [0.25, 0.3) is 0 Å². The molecule has 0 saturated carbocycles. The van der Waals surface area contributed by atoms with Crippen LogP contribution in [0.4, 0.5) is 0 Å². The summed E-state index contributed by atoms with van der Waals surface area (Å²) in [7, 11) is 3.67. The van der Waals surface area contributed by atoms with Gasteiger partial charge in [-0.2, -0.15) is 0 Å². The van der Waals surface area contributed by atoms with Gasteiger partial charge < -0.3 is 8.46 Å². The van der Waals surface area contributed by atoms with E-state index in [2.05, 4.69) is 35.7 Å². The monoisotopic (exact) mass is 146 g/mol. The third kappa shape index (κ3) is 0.681. The molecule has 0 amide bonds. The molecule has 2 nitrogen and oxygen atoms in total. The fraction of sp³-hybridized carbons (Fsp3) is 1.00. The van der Waals surface area contributed by atoms with Crippen molar-refractivity contribution in [1.29, 1.82) is 0 Å². The van der Waals surface area contributed by atoms with Crippen molar-refractivity contribution in [2.45, 2.75) is 13.1 Å². The van der Waals surface area contributed by atoms with Gasteiger partial charge in [-0.05, 0) is 27.2 Å². The van der Waals surface area contributed by atoms with Crippen LogP contribution in [0.2, 0.25) is 13.1 Å². The first-order chi connectivity index (χ1) is 3.55. The van der Waals surface area contributed by atoms with Crippen molar-refractivity contribution in [3.05, 3.63) is 0 Å². The normalized spacial score (nSPS) is 30.0. The molecule has 0 aromatic rings. The predicted molar refractivity (Wildman–Crippen MR) is 41.6 cm³/mol. The Labute approximate surface area is 54.6 Å². The summed E-state index contributed by atoms with van der Waals surface area (Å²) in [5, 5.41) is 0. The summed E-state index contributed by atoms with van der Waals surface area (Å²) in [5.41, 5.74) is 0. The van der Waals surface area contributed by atoms with Gasteiger partial charge in [-0.3, -0.25) is 0 Å². The van der Waals surface area contributed by atoms with Crippen LogP contribution in [0.15, 0.2) is 0 Å². The van der Waals surface area contributed by atoms with Crippen LogP contribution >= 0.6 is 0 Å². The summed E-state index contributed by atoms with van der Waals surface area (Å²) in [4.78, 5) is 0. The minimum Gasteiger partial charge on any atom is -0.330 e. The molecule has 0 spiro atoms. The lowest BCUT2D eigenvalue weighted by Gasteiger charge is -2.52. The Bertz CT molecular complexity index is 94.2. The van der Waals surface area contributed by atoms with E-state index in [0.29, 0.717) is 0 Å². The molecule has 0 bridgehead atoms. The molecule has 1 rings (SSSR count). The number of hydrogen-bond donors (Lipinski definition) is 0. The van der Waals surface area contributed by atoms with Gasteiger partial charge >= 0.3 is 0 Å². The Morgan fingerprint density at radius 1 is 1.12 bits per heavy atom. The third-order valence-corrected chi connectivity index (χ3v) is 12.4. The molecule has 0 radical (unpaired) electrons. The van der Waals surface area contributed by atoms with E-state index in [9.17, 15) is 0 Å². The van der Waals surface area contributed by atoms with Crippen LogP contribution in [0.3, 0.4) is 0 Å². The highest BCUT2D eigenvalue weighted by Crippen LogP contribution is 2.18. The van der Waals surface area contributed by atoms with Gasteiger partial charge in [-0.1, -0.05) is 0 Å². The maximum absolute atomic E-state index is 2.59. The summed E-state index contributed by atoms with van der Waals surface area (Å²) < 4.78 is 5.18. The summed E-state index contributed by atoms with van der Waals surface area (Å²) in [6.45, 7) is 4.78. The van der Waals surface area contributed by atoms with Crippen molar-refractivity contribution >= 4 is 18.2 Å². The minimum absolute atomic E-state index is 0.0779. The largest absolute Gasteiger partial charge is 0.330 e. The molecule has 0 unspecified atom stereocenters. The van der Waals surface area contributed by atoms with Crippen molar-refractivity contribution in [3.63, 3.8) is 0 Å². The van der Waals surface area contributed by atoms with E-state index in [-0.39, 0.29) is 9.84 Å². The molecule has 0 aromatic carbocycles. The molecule has 1 heterocycles. The van der Waals surface area contributed by atoms with Gasteiger partial charge in [0.05, 0.1) is 0 Å². The molecule has 0 aromatic heterocycles. The van der Waals surface area contributed by atoms with Crippen LogP contribution in [0.1, 0.15) is 0 Å². The third-order valence-electron chi connectivity index (χ3n) is 2.29. The highest BCUT2D eigenvalue weighted by atomic mass is 28.4.